The summed E-state index contributed by atoms with van der Waals surface area (Å²) in [5.74, 6) is -0.254. The molecule has 0 saturated heterocycles. The minimum atomic E-state index is -0.755. The number of nitrogens with two attached hydrogens (primary N) is 1. The van der Waals surface area contributed by atoms with Crippen molar-refractivity contribution >= 4 is 11.9 Å². The number of primary amides is 1. The van der Waals surface area contributed by atoms with Gasteiger partial charge in [0.2, 0.25) is 5.91 Å². The number of hydrogen-bond acceptors (Lipinski definition) is 2. The average Bonchev–Trinajstić information content (AvgIpc) is 2.03. The Morgan fingerprint density at radius 2 is 1.75 bits per heavy atom. The first kappa shape index (κ1) is 10.7. The highest BCUT2D eigenvalue weighted by Gasteiger charge is 2.13. The molecule has 0 aliphatic heterocycles. The number of amides is 3. The van der Waals surface area contributed by atoms with Crippen LogP contribution < -0.4 is 16.6 Å². The molecule has 0 spiro atoms. The van der Waals surface area contributed by atoms with Crippen LogP contribution in [0.3, 0.4) is 0 Å². The van der Waals surface area contributed by atoms with Crippen LogP contribution in [0.5, 0.6) is 0 Å². The molecule has 70 valence electrons. The molecule has 5 heteroatoms. The van der Waals surface area contributed by atoms with E-state index in [9.17, 15) is 9.59 Å². The minimum absolute atomic E-state index is 0.0585. The molecule has 0 fully saturated rings. The van der Waals surface area contributed by atoms with Gasteiger partial charge >= 0.3 is 6.03 Å². The Balaban J connectivity index is 3.77. The topological polar surface area (TPSA) is 84.2 Å². The molecule has 0 aliphatic carbocycles. The third-order valence-corrected chi connectivity index (χ3v) is 1.67. The van der Waals surface area contributed by atoms with E-state index >= 15 is 0 Å². The second-order valence-electron chi connectivity index (χ2n) is 2.49. The van der Waals surface area contributed by atoms with Gasteiger partial charge in [-0.15, -0.1) is 0 Å². The quantitative estimate of drug-likeness (QED) is 0.530. The van der Waals surface area contributed by atoms with Crippen LogP contribution in [0.2, 0.25) is 0 Å². The Labute approximate surface area is 71.7 Å². The molecule has 0 atom stereocenters. The Kier molecular flexibility index (Phi) is 4.83. The van der Waals surface area contributed by atoms with Gasteiger partial charge in [0, 0.05) is 5.92 Å². The van der Waals surface area contributed by atoms with Gasteiger partial charge in [-0.2, -0.15) is 0 Å². The van der Waals surface area contributed by atoms with Crippen molar-refractivity contribution in [1.82, 2.24) is 10.9 Å². The summed E-state index contributed by atoms with van der Waals surface area (Å²) >= 11 is 0. The maximum absolute atomic E-state index is 11.1. The van der Waals surface area contributed by atoms with Gasteiger partial charge in [-0.05, 0) is 12.8 Å². The molecule has 0 radical (unpaired) electrons. The zero-order valence-electron chi connectivity index (χ0n) is 7.39. The van der Waals surface area contributed by atoms with Crippen LogP contribution in [0.4, 0.5) is 4.79 Å². The summed E-state index contributed by atoms with van der Waals surface area (Å²) in [6, 6.07) is -0.755. The third kappa shape index (κ3) is 3.80. The first-order chi connectivity index (χ1) is 5.61. The van der Waals surface area contributed by atoms with Crippen molar-refractivity contribution in [3.8, 4) is 0 Å². The summed E-state index contributed by atoms with van der Waals surface area (Å²) < 4.78 is 0. The molecule has 0 aliphatic rings. The van der Waals surface area contributed by atoms with Gasteiger partial charge in [-0.25, -0.2) is 10.2 Å². The highest BCUT2D eigenvalue weighted by molar-refractivity contribution is 5.81. The molecule has 0 heterocycles. The van der Waals surface area contributed by atoms with Crippen molar-refractivity contribution in [2.24, 2.45) is 11.7 Å². The summed E-state index contributed by atoms with van der Waals surface area (Å²) in [4.78, 5) is 21.3. The van der Waals surface area contributed by atoms with E-state index in [0.29, 0.717) is 0 Å². The molecule has 0 saturated carbocycles. The Morgan fingerprint density at radius 1 is 1.25 bits per heavy atom. The van der Waals surface area contributed by atoms with Crippen LogP contribution in [0.15, 0.2) is 0 Å². The lowest BCUT2D eigenvalue weighted by molar-refractivity contribution is -0.125. The van der Waals surface area contributed by atoms with Crippen LogP contribution in [0.1, 0.15) is 26.7 Å². The fourth-order valence-electron chi connectivity index (χ4n) is 0.885. The molecule has 5 nitrogen and oxygen atoms in total. The Morgan fingerprint density at radius 3 is 2.08 bits per heavy atom. The molecule has 0 unspecified atom stereocenters. The van der Waals surface area contributed by atoms with Gasteiger partial charge < -0.3 is 5.73 Å². The highest BCUT2D eigenvalue weighted by Crippen LogP contribution is 2.05. The SMILES string of the molecule is CCC(CC)C(=O)NNC(N)=O. The summed E-state index contributed by atoms with van der Waals surface area (Å²) in [6.45, 7) is 3.83. The molecule has 4 N–H and O–H groups in total. The summed E-state index contributed by atoms with van der Waals surface area (Å²) in [5, 5.41) is 0. The standard InChI is InChI=1S/C7H15N3O2/c1-3-5(4-2)6(11)9-10-7(8)12/h5H,3-4H2,1-2H3,(H,9,11)(H3,8,10,12). The number of nitrogens with one attached hydrogen (secondary N) is 2. The van der Waals surface area contributed by atoms with Gasteiger partial charge in [0.25, 0.3) is 0 Å². The lowest BCUT2D eigenvalue weighted by atomic mass is 10.0. The molecule has 0 aromatic carbocycles. The van der Waals surface area contributed by atoms with Crippen LogP contribution in [0, 0.1) is 5.92 Å². The number of urea groups is 1. The number of hydrazine groups is 1. The fourth-order valence-corrected chi connectivity index (χ4v) is 0.885. The fraction of sp³-hybridized carbons (Fsp3) is 0.714. The van der Waals surface area contributed by atoms with Crippen LogP contribution in [0.25, 0.3) is 0 Å². The summed E-state index contributed by atoms with van der Waals surface area (Å²) in [6.07, 6.45) is 1.51. The van der Waals surface area contributed by atoms with E-state index in [1.165, 1.54) is 0 Å². The van der Waals surface area contributed by atoms with Gasteiger partial charge in [0.1, 0.15) is 0 Å². The molecule has 0 aromatic heterocycles. The monoisotopic (exact) mass is 173 g/mol. The average molecular weight is 173 g/mol. The molecular formula is C7H15N3O2. The van der Waals surface area contributed by atoms with Crippen LogP contribution in [-0.4, -0.2) is 11.9 Å². The molecule has 3 amide bonds. The third-order valence-electron chi connectivity index (χ3n) is 1.67. The van der Waals surface area contributed by atoms with Gasteiger partial charge in [-0.1, -0.05) is 13.8 Å². The van der Waals surface area contributed by atoms with Gasteiger partial charge in [0.05, 0.1) is 0 Å². The van der Waals surface area contributed by atoms with Crippen LogP contribution in [-0.2, 0) is 4.79 Å². The van der Waals surface area contributed by atoms with E-state index in [2.05, 4.69) is 5.43 Å². The smallest absolute Gasteiger partial charge is 0.330 e. The minimum Gasteiger partial charge on any atom is -0.350 e. The van der Waals surface area contributed by atoms with E-state index in [-0.39, 0.29) is 11.8 Å². The number of carbonyl (C=O) groups excluding carboxylic acids is 2. The predicted octanol–water partition coefficient (Wildman–Crippen LogP) is 0.122. The van der Waals surface area contributed by atoms with Crippen molar-refractivity contribution in [3.05, 3.63) is 0 Å². The first-order valence-electron chi connectivity index (χ1n) is 3.97. The zero-order chi connectivity index (χ0) is 9.56. The predicted molar refractivity (Wildman–Crippen MR) is 44.9 cm³/mol. The summed E-state index contributed by atoms with van der Waals surface area (Å²) in [5.41, 5.74) is 9.01. The Bertz CT molecular complexity index is 166. The number of carbonyl (C=O) groups is 2. The van der Waals surface area contributed by atoms with Crippen molar-refractivity contribution in [3.63, 3.8) is 0 Å². The van der Waals surface area contributed by atoms with Crippen molar-refractivity contribution < 1.29 is 9.59 Å². The zero-order valence-corrected chi connectivity index (χ0v) is 7.39. The molecular weight excluding hydrogens is 158 g/mol. The van der Waals surface area contributed by atoms with Crippen molar-refractivity contribution in [2.75, 3.05) is 0 Å². The summed E-state index contributed by atoms with van der Waals surface area (Å²) in [7, 11) is 0. The highest BCUT2D eigenvalue weighted by atomic mass is 16.2. The number of hydrogen-bond donors (Lipinski definition) is 3. The largest absolute Gasteiger partial charge is 0.350 e. The Hall–Kier alpha value is -1.26. The van der Waals surface area contributed by atoms with E-state index in [4.69, 9.17) is 5.73 Å². The van der Waals surface area contributed by atoms with Crippen molar-refractivity contribution in [1.29, 1.82) is 0 Å². The molecule has 12 heavy (non-hydrogen) atoms. The van der Waals surface area contributed by atoms with Crippen LogP contribution >= 0.6 is 0 Å². The van der Waals surface area contributed by atoms with E-state index in [0.717, 1.165) is 12.8 Å². The second-order valence-corrected chi connectivity index (χ2v) is 2.49. The van der Waals surface area contributed by atoms with E-state index < -0.39 is 6.03 Å². The maximum atomic E-state index is 11.1. The van der Waals surface area contributed by atoms with Crippen molar-refractivity contribution in [2.45, 2.75) is 26.7 Å². The van der Waals surface area contributed by atoms with E-state index in [1.54, 1.807) is 0 Å². The molecule has 0 bridgehead atoms. The van der Waals surface area contributed by atoms with Gasteiger partial charge in [0.15, 0.2) is 0 Å². The molecule has 0 aromatic rings. The maximum Gasteiger partial charge on any atom is 0.330 e. The lowest BCUT2D eigenvalue weighted by Gasteiger charge is -2.11. The lowest BCUT2D eigenvalue weighted by Crippen LogP contribution is -2.46. The molecule has 0 rings (SSSR count). The second kappa shape index (κ2) is 5.40. The van der Waals surface area contributed by atoms with Gasteiger partial charge in [-0.3, -0.25) is 10.2 Å². The normalized spacial score (nSPS) is 9.58. The van der Waals surface area contributed by atoms with E-state index in [1.807, 2.05) is 19.3 Å². The number of rotatable bonds is 3. The first-order valence-corrected chi connectivity index (χ1v) is 3.97.